The number of rotatable bonds is 3. The molecule has 5 unspecified atom stereocenters. The number of aliphatic hydroxyl groups is 1. The Balaban J connectivity index is 1.58. The maximum absolute atomic E-state index is 13.1. The van der Waals surface area contributed by atoms with Crippen molar-refractivity contribution in [1.29, 1.82) is 5.26 Å². The van der Waals surface area contributed by atoms with Crippen molar-refractivity contribution in [3.8, 4) is 6.07 Å². The molecule has 0 aromatic rings. The third-order valence-electron chi connectivity index (χ3n) is 7.20. The topological polar surface area (TPSA) is 90.4 Å². The predicted octanol–water partition coefficient (Wildman–Crippen LogP) is 1.55. The van der Waals surface area contributed by atoms with Crippen molar-refractivity contribution in [2.45, 2.75) is 82.0 Å². The van der Waals surface area contributed by atoms with Crippen LogP contribution in [-0.4, -0.2) is 39.6 Å². The second kappa shape index (κ2) is 4.94. The van der Waals surface area contributed by atoms with Gasteiger partial charge in [-0.25, -0.2) is 0 Å². The van der Waals surface area contributed by atoms with Crippen molar-refractivity contribution in [3.63, 3.8) is 0 Å². The van der Waals surface area contributed by atoms with Crippen molar-refractivity contribution in [2.75, 3.05) is 0 Å². The summed E-state index contributed by atoms with van der Waals surface area (Å²) in [6.45, 7) is 2.09. The molecule has 1 saturated heterocycles. The quantitative estimate of drug-likeness (QED) is 0.826. The molecule has 23 heavy (non-hydrogen) atoms. The Labute approximate surface area is 137 Å². The first-order chi connectivity index (χ1) is 10.9. The lowest BCUT2D eigenvalue weighted by molar-refractivity contribution is -0.140. The summed E-state index contributed by atoms with van der Waals surface area (Å²) in [5.74, 6) is 0.958. The molecule has 0 radical (unpaired) electrons. The average Bonchev–Trinajstić information content (AvgIpc) is 3.11. The minimum atomic E-state index is -0.626. The SMILES string of the molecule is CCC1([C@H](N)C(=O)N2C3CC3C[C@H]2C#N)CC2CCC(O)(C2)C1. The second-order valence-corrected chi connectivity index (χ2v) is 8.60. The van der Waals surface area contributed by atoms with Crippen LogP contribution in [0.2, 0.25) is 0 Å². The van der Waals surface area contributed by atoms with Crippen LogP contribution in [0.1, 0.15) is 58.3 Å². The van der Waals surface area contributed by atoms with Gasteiger partial charge >= 0.3 is 0 Å². The average molecular weight is 317 g/mol. The van der Waals surface area contributed by atoms with Gasteiger partial charge in [-0.2, -0.15) is 5.26 Å². The zero-order valence-electron chi connectivity index (χ0n) is 13.9. The lowest BCUT2D eigenvalue weighted by Gasteiger charge is -2.47. The molecule has 1 aliphatic heterocycles. The highest BCUT2D eigenvalue weighted by Gasteiger charge is 2.59. The molecule has 0 aromatic carbocycles. The Morgan fingerprint density at radius 1 is 1.48 bits per heavy atom. The van der Waals surface area contributed by atoms with E-state index in [-0.39, 0.29) is 23.4 Å². The van der Waals surface area contributed by atoms with Crippen molar-refractivity contribution < 1.29 is 9.90 Å². The van der Waals surface area contributed by atoms with Crippen molar-refractivity contribution in [2.24, 2.45) is 23.0 Å². The third-order valence-corrected chi connectivity index (χ3v) is 7.20. The number of fused-ring (bicyclic) bond motifs is 3. The molecule has 5 nitrogen and oxygen atoms in total. The lowest BCUT2D eigenvalue weighted by Crippen LogP contribution is -2.58. The van der Waals surface area contributed by atoms with Gasteiger partial charge < -0.3 is 15.7 Å². The summed E-state index contributed by atoms with van der Waals surface area (Å²) in [5, 5.41) is 20.2. The Hall–Kier alpha value is -1.12. The first-order valence-corrected chi connectivity index (χ1v) is 9.11. The number of nitriles is 1. The molecule has 126 valence electrons. The number of hydrogen-bond donors (Lipinski definition) is 2. The lowest BCUT2D eigenvalue weighted by atomic mass is 9.62. The Morgan fingerprint density at radius 3 is 2.91 bits per heavy atom. The number of nitrogens with zero attached hydrogens (tertiary/aromatic N) is 2. The van der Waals surface area contributed by atoms with Gasteiger partial charge in [0.1, 0.15) is 6.04 Å². The van der Waals surface area contributed by atoms with Crippen LogP contribution in [0, 0.1) is 28.6 Å². The number of nitrogens with two attached hydrogens (primary N) is 1. The molecule has 4 fully saturated rings. The largest absolute Gasteiger partial charge is 0.390 e. The van der Waals surface area contributed by atoms with Crippen molar-refractivity contribution in [3.05, 3.63) is 0 Å². The number of carbonyl (C=O) groups is 1. The highest BCUT2D eigenvalue weighted by atomic mass is 16.3. The van der Waals surface area contributed by atoms with Crippen LogP contribution < -0.4 is 5.73 Å². The monoisotopic (exact) mass is 317 g/mol. The van der Waals surface area contributed by atoms with Crippen molar-refractivity contribution >= 4 is 5.91 Å². The second-order valence-electron chi connectivity index (χ2n) is 8.60. The van der Waals surface area contributed by atoms with Crippen LogP contribution in [0.25, 0.3) is 0 Å². The summed E-state index contributed by atoms with van der Waals surface area (Å²) in [6, 6.07) is 1.64. The Bertz CT molecular complexity index is 573. The van der Waals surface area contributed by atoms with Gasteiger partial charge in [0, 0.05) is 6.04 Å². The van der Waals surface area contributed by atoms with E-state index in [1.54, 1.807) is 4.90 Å². The fourth-order valence-electron chi connectivity index (χ4n) is 5.89. The number of hydrogen-bond acceptors (Lipinski definition) is 4. The summed E-state index contributed by atoms with van der Waals surface area (Å²) >= 11 is 0. The molecule has 0 spiro atoms. The molecule has 4 rings (SSSR count). The van der Waals surface area contributed by atoms with Crippen LogP contribution in [0.4, 0.5) is 0 Å². The highest BCUT2D eigenvalue weighted by molar-refractivity contribution is 5.84. The van der Waals surface area contributed by atoms with Gasteiger partial charge in [-0.1, -0.05) is 6.92 Å². The summed E-state index contributed by atoms with van der Waals surface area (Å²) in [5.41, 5.74) is 5.58. The van der Waals surface area contributed by atoms with E-state index < -0.39 is 11.6 Å². The van der Waals surface area contributed by atoms with Gasteiger partial charge in [-0.05, 0) is 68.6 Å². The summed E-state index contributed by atoms with van der Waals surface area (Å²) in [6.07, 6.45) is 7.00. The van der Waals surface area contributed by atoms with E-state index in [1.165, 1.54) is 0 Å². The van der Waals surface area contributed by atoms with E-state index in [0.717, 1.165) is 44.9 Å². The first kappa shape index (κ1) is 15.4. The zero-order chi connectivity index (χ0) is 16.4. The molecule has 2 bridgehead atoms. The van der Waals surface area contributed by atoms with E-state index >= 15 is 0 Å². The van der Waals surface area contributed by atoms with E-state index in [2.05, 4.69) is 13.0 Å². The number of amides is 1. The number of piperidine rings is 1. The van der Waals surface area contributed by atoms with E-state index in [9.17, 15) is 15.2 Å². The van der Waals surface area contributed by atoms with Gasteiger partial charge in [0.05, 0.1) is 17.7 Å². The Morgan fingerprint density at radius 2 is 2.26 bits per heavy atom. The van der Waals surface area contributed by atoms with Crippen LogP contribution in [0.15, 0.2) is 0 Å². The third kappa shape index (κ3) is 2.22. The normalized spacial score (nSPS) is 48.7. The first-order valence-electron chi connectivity index (χ1n) is 9.11. The zero-order valence-corrected chi connectivity index (χ0v) is 13.9. The van der Waals surface area contributed by atoms with Crippen LogP contribution >= 0.6 is 0 Å². The van der Waals surface area contributed by atoms with Crippen LogP contribution in [0.3, 0.4) is 0 Å². The minimum absolute atomic E-state index is 0.0479. The smallest absolute Gasteiger partial charge is 0.241 e. The van der Waals surface area contributed by atoms with Gasteiger partial charge in [-0.3, -0.25) is 4.79 Å². The molecule has 0 aromatic heterocycles. The minimum Gasteiger partial charge on any atom is -0.390 e. The van der Waals surface area contributed by atoms with Crippen LogP contribution in [-0.2, 0) is 4.79 Å². The summed E-state index contributed by atoms with van der Waals surface area (Å²) in [4.78, 5) is 14.9. The van der Waals surface area contributed by atoms with Gasteiger partial charge in [-0.15, -0.1) is 0 Å². The summed E-state index contributed by atoms with van der Waals surface area (Å²) < 4.78 is 0. The highest BCUT2D eigenvalue weighted by Crippen LogP contribution is 2.56. The van der Waals surface area contributed by atoms with Gasteiger partial charge in [0.2, 0.25) is 5.91 Å². The molecule has 3 aliphatic carbocycles. The maximum atomic E-state index is 13.1. The van der Waals surface area contributed by atoms with E-state index in [1.807, 2.05) is 0 Å². The van der Waals surface area contributed by atoms with Gasteiger partial charge in [0.25, 0.3) is 0 Å². The molecule has 3 saturated carbocycles. The standard InChI is InChI=1S/C18H27N3O2/c1-2-17(7-11-3-4-18(23,8-11)10-17)15(20)16(22)21-13(9-19)5-12-6-14(12)21/h11-15,23H,2-8,10,20H2,1H3/t11?,12?,13-,14?,15+,17?,18?/m0/s1. The molecule has 3 N–H and O–H groups in total. The number of likely N-dealkylation sites (tertiary alicyclic amines) is 1. The molecule has 7 atom stereocenters. The van der Waals surface area contributed by atoms with E-state index in [4.69, 9.17) is 5.73 Å². The fourth-order valence-corrected chi connectivity index (χ4v) is 5.89. The molecule has 1 amide bonds. The van der Waals surface area contributed by atoms with Gasteiger partial charge in [0.15, 0.2) is 0 Å². The molecule has 1 heterocycles. The summed E-state index contributed by atoms with van der Waals surface area (Å²) in [7, 11) is 0. The molecule has 4 aliphatic rings. The maximum Gasteiger partial charge on any atom is 0.241 e. The molecular formula is C18H27N3O2. The van der Waals surface area contributed by atoms with Crippen LogP contribution in [0.5, 0.6) is 0 Å². The number of carbonyl (C=O) groups excluding carboxylic acids is 1. The van der Waals surface area contributed by atoms with Crippen molar-refractivity contribution in [1.82, 2.24) is 4.90 Å². The predicted molar refractivity (Wildman–Crippen MR) is 85.0 cm³/mol. The van der Waals surface area contributed by atoms with E-state index in [0.29, 0.717) is 18.3 Å². The fraction of sp³-hybridized carbons (Fsp3) is 0.889. The molecular weight excluding hydrogens is 290 g/mol. The Kier molecular flexibility index (Phi) is 3.31. The molecule has 5 heteroatoms.